The summed E-state index contributed by atoms with van der Waals surface area (Å²) in [5.74, 6) is 0. The van der Waals surface area contributed by atoms with Crippen molar-refractivity contribution in [2.45, 2.75) is 24.4 Å². The van der Waals surface area contributed by atoms with Crippen LogP contribution in [0.3, 0.4) is 0 Å². The van der Waals surface area contributed by atoms with E-state index in [0.29, 0.717) is 0 Å². The minimum Gasteiger partial charge on any atom is -0.394 e. The molecule has 0 aromatic rings. The van der Waals surface area contributed by atoms with E-state index in [0.717, 1.165) is 0 Å². The summed E-state index contributed by atoms with van der Waals surface area (Å²) in [7, 11) is 0. The Labute approximate surface area is 91.0 Å². The van der Waals surface area contributed by atoms with Crippen molar-refractivity contribution in [1.82, 2.24) is 0 Å². The van der Waals surface area contributed by atoms with Crippen LogP contribution in [0.5, 0.6) is 0 Å². The number of aldehydes is 1. The molecule has 0 aliphatic carbocycles. The van der Waals surface area contributed by atoms with Crippen molar-refractivity contribution in [3.63, 3.8) is 0 Å². The van der Waals surface area contributed by atoms with E-state index in [4.69, 9.17) is 25.5 Å². The second kappa shape index (κ2) is 7.62. The Morgan fingerprint density at radius 3 is 1.85 bits per heavy atom. The summed E-state index contributed by atoms with van der Waals surface area (Å²) in [5, 5.41) is 43.5. The minimum absolute atomic E-state index is 0. The Morgan fingerprint density at radius 1 is 1.08 bits per heavy atom. The Morgan fingerprint density at radius 2 is 1.54 bits per heavy atom. The Bertz CT molecular complexity index is 143. The molecule has 7 heteroatoms. The summed E-state index contributed by atoms with van der Waals surface area (Å²) in [4.78, 5) is 9.90. The fourth-order valence-corrected chi connectivity index (χ4v) is 0.618. The van der Waals surface area contributed by atoms with E-state index in [2.05, 4.69) is 0 Å². The van der Waals surface area contributed by atoms with Crippen molar-refractivity contribution in [3.8, 4) is 0 Å². The molecule has 0 aromatic heterocycles. The highest BCUT2D eigenvalue weighted by Crippen LogP contribution is 2.02. The molecule has 4 atom stereocenters. The molecule has 0 bridgehead atoms. The molecule has 0 aromatic carbocycles. The van der Waals surface area contributed by atoms with E-state index in [1.165, 1.54) is 0 Å². The summed E-state index contributed by atoms with van der Waals surface area (Å²) in [6, 6.07) is 0. The van der Waals surface area contributed by atoms with Crippen LogP contribution < -0.4 is 0 Å². The molecular formula is C6H12MgO6. The van der Waals surface area contributed by atoms with Gasteiger partial charge < -0.3 is 30.3 Å². The van der Waals surface area contributed by atoms with Gasteiger partial charge in [-0.05, 0) is 0 Å². The molecule has 2 radical (unpaired) electrons. The van der Waals surface area contributed by atoms with Crippen LogP contribution in [0.4, 0.5) is 0 Å². The molecule has 0 aliphatic rings. The van der Waals surface area contributed by atoms with Gasteiger partial charge in [0.1, 0.15) is 24.4 Å². The number of aliphatic hydroxyl groups is 5. The van der Waals surface area contributed by atoms with Gasteiger partial charge in [0.05, 0.1) is 6.61 Å². The number of carbonyl (C=O) groups is 1. The van der Waals surface area contributed by atoms with Gasteiger partial charge in [0.2, 0.25) is 0 Å². The molecule has 0 fully saturated rings. The van der Waals surface area contributed by atoms with E-state index in [1.54, 1.807) is 0 Å². The Kier molecular flexibility index (Phi) is 9.20. The van der Waals surface area contributed by atoms with Gasteiger partial charge >= 0.3 is 0 Å². The monoisotopic (exact) mass is 204 g/mol. The van der Waals surface area contributed by atoms with Gasteiger partial charge in [0.25, 0.3) is 0 Å². The predicted molar refractivity (Wildman–Crippen MR) is 42.9 cm³/mol. The molecule has 0 amide bonds. The molecule has 0 heterocycles. The molecule has 6 nitrogen and oxygen atoms in total. The zero-order valence-electron chi connectivity index (χ0n) is 6.95. The molecule has 74 valence electrons. The molecule has 5 N–H and O–H groups in total. The minimum atomic E-state index is -1.79. The Balaban J connectivity index is 0. The number of carbonyl (C=O) groups excluding carboxylic acids is 1. The van der Waals surface area contributed by atoms with Crippen LogP contribution in [0.25, 0.3) is 0 Å². The number of aliphatic hydroxyl groups excluding tert-OH is 5. The van der Waals surface area contributed by atoms with Crippen LogP contribution in [0.1, 0.15) is 0 Å². The van der Waals surface area contributed by atoms with Crippen molar-refractivity contribution < 1.29 is 30.3 Å². The summed E-state index contributed by atoms with van der Waals surface area (Å²) in [5.41, 5.74) is 0. The third-order valence-corrected chi connectivity index (χ3v) is 1.42. The van der Waals surface area contributed by atoms with Crippen molar-refractivity contribution in [3.05, 3.63) is 0 Å². The van der Waals surface area contributed by atoms with Crippen molar-refractivity contribution in [2.24, 2.45) is 0 Å². The first kappa shape index (κ1) is 15.7. The maximum atomic E-state index is 9.90. The lowest BCUT2D eigenvalue weighted by Crippen LogP contribution is -2.46. The van der Waals surface area contributed by atoms with Gasteiger partial charge in [0, 0.05) is 23.1 Å². The van der Waals surface area contributed by atoms with Crippen LogP contribution in [-0.4, -0.2) is 85.9 Å². The molecular weight excluding hydrogens is 192 g/mol. The largest absolute Gasteiger partial charge is 0.394 e. The van der Waals surface area contributed by atoms with Crippen LogP contribution >= 0.6 is 0 Å². The fraction of sp³-hybridized carbons (Fsp3) is 0.833. The maximum absolute atomic E-state index is 9.90. The van der Waals surface area contributed by atoms with Gasteiger partial charge in [0.15, 0.2) is 6.29 Å². The normalized spacial score (nSPS) is 19.5. The first-order chi connectivity index (χ1) is 5.54. The van der Waals surface area contributed by atoms with Crippen molar-refractivity contribution in [1.29, 1.82) is 0 Å². The van der Waals surface area contributed by atoms with Crippen LogP contribution in [0.15, 0.2) is 0 Å². The highest BCUT2D eigenvalue weighted by Gasteiger charge is 2.29. The smallest absolute Gasteiger partial charge is 0.151 e. The molecule has 13 heavy (non-hydrogen) atoms. The predicted octanol–water partition coefficient (Wildman–Crippen LogP) is -3.76. The first-order valence-corrected chi connectivity index (χ1v) is 3.33. The quantitative estimate of drug-likeness (QED) is 0.232. The SMILES string of the molecule is O=C[C@@H](O)[C@@H](O)[C@H](O)[C@H](O)CO.[Mg]. The second-order valence-electron chi connectivity index (χ2n) is 2.36. The summed E-state index contributed by atoms with van der Waals surface area (Å²) < 4.78 is 0. The maximum Gasteiger partial charge on any atom is 0.151 e. The summed E-state index contributed by atoms with van der Waals surface area (Å²) in [6.07, 6.45) is -6.84. The highest BCUT2D eigenvalue weighted by atomic mass is 24.3. The summed E-state index contributed by atoms with van der Waals surface area (Å²) >= 11 is 0. The molecule has 0 unspecified atom stereocenters. The molecule has 0 saturated heterocycles. The van der Waals surface area contributed by atoms with Crippen LogP contribution in [0, 0.1) is 0 Å². The van der Waals surface area contributed by atoms with E-state index in [-0.39, 0.29) is 29.3 Å². The lowest BCUT2D eigenvalue weighted by molar-refractivity contribution is -0.136. The lowest BCUT2D eigenvalue weighted by atomic mass is 10.0. The van der Waals surface area contributed by atoms with Gasteiger partial charge in [-0.3, -0.25) is 0 Å². The third-order valence-electron chi connectivity index (χ3n) is 1.42. The van der Waals surface area contributed by atoms with E-state index < -0.39 is 31.0 Å². The fourth-order valence-electron chi connectivity index (χ4n) is 0.618. The highest BCUT2D eigenvalue weighted by molar-refractivity contribution is 5.75. The molecule has 0 saturated carbocycles. The second-order valence-corrected chi connectivity index (χ2v) is 2.36. The molecule has 0 rings (SSSR count). The first-order valence-electron chi connectivity index (χ1n) is 3.33. The topological polar surface area (TPSA) is 118 Å². The average molecular weight is 204 g/mol. The van der Waals surface area contributed by atoms with Gasteiger partial charge in [-0.2, -0.15) is 0 Å². The van der Waals surface area contributed by atoms with Gasteiger partial charge in [-0.25, -0.2) is 0 Å². The lowest BCUT2D eigenvalue weighted by Gasteiger charge is -2.22. The zero-order valence-corrected chi connectivity index (χ0v) is 8.36. The summed E-state index contributed by atoms with van der Waals surface area (Å²) in [6.45, 7) is -0.760. The Hall–Kier alpha value is 0.236. The van der Waals surface area contributed by atoms with E-state index >= 15 is 0 Å². The molecule has 0 aliphatic heterocycles. The molecule has 0 spiro atoms. The van der Waals surface area contributed by atoms with Gasteiger partial charge in [-0.1, -0.05) is 0 Å². The van der Waals surface area contributed by atoms with E-state index in [1.807, 2.05) is 0 Å². The third kappa shape index (κ3) is 4.86. The van der Waals surface area contributed by atoms with Crippen LogP contribution in [-0.2, 0) is 4.79 Å². The number of rotatable bonds is 5. The average Bonchev–Trinajstić information content (AvgIpc) is 2.12. The van der Waals surface area contributed by atoms with Gasteiger partial charge in [-0.15, -0.1) is 0 Å². The van der Waals surface area contributed by atoms with Crippen LogP contribution in [0.2, 0.25) is 0 Å². The standard InChI is InChI=1S/C6H12O6.Mg/c7-1-3(9)5(11)6(12)4(10)2-8;/h1,3-6,8-12H,2H2;/t3-,4-,5-,6-;/m1./s1. The van der Waals surface area contributed by atoms with Crippen molar-refractivity contribution in [2.75, 3.05) is 6.61 Å². The van der Waals surface area contributed by atoms with Crippen molar-refractivity contribution >= 4 is 29.3 Å². The number of hydrogen-bond donors (Lipinski definition) is 5. The number of hydrogen-bond acceptors (Lipinski definition) is 6. The van der Waals surface area contributed by atoms with E-state index in [9.17, 15) is 4.79 Å². The zero-order chi connectivity index (χ0) is 9.72.